The van der Waals surface area contributed by atoms with E-state index < -0.39 is 10.5 Å². The minimum Gasteiger partial charge on any atom is -0.387 e. The number of aromatic nitrogens is 2. The van der Waals surface area contributed by atoms with Crippen molar-refractivity contribution in [2.75, 3.05) is 13.1 Å². The summed E-state index contributed by atoms with van der Waals surface area (Å²) in [5, 5.41) is 27.3. The van der Waals surface area contributed by atoms with Crippen LogP contribution in [0.25, 0.3) is 0 Å². The van der Waals surface area contributed by atoms with E-state index in [9.17, 15) is 15.2 Å². The van der Waals surface area contributed by atoms with E-state index >= 15 is 0 Å². The van der Waals surface area contributed by atoms with Gasteiger partial charge in [-0.2, -0.15) is 5.10 Å². The molecule has 7 nitrogen and oxygen atoms in total. The Kier molecular flexibility index (Phi) is 2.20. The van der Waals surface area contributed by atoms with Crippen LogP contribution in [0.4, 0.5) is 5.69 Å². The van der Waals surface area contributed by atoms with Gasteiger partial charge < -0.3 is 10.4 Å². The minimum absolute atomic E-state index is 0.0298. The Morgan fingerprint density at radius 2 is 2.47 bits per heavy atom. The second-order valence-electron chi connectivity index (χ2n) is 3.86. The summed E-state index contributed by atoms with van der Waals surface area (Å²) in [6, 6.07) is 0. The molecule has 0 aliphatic carbocycles. The predicted molar refractivity (Wildman–Crippen MR) is 51.4 cm³/mol. The van der Waals surface area contributed by atoms with E-state index in [0.717, 1.165) is 0 Å². The molecule has 0 bridgehead atoms. The van der Waals surface area contributed by atoms with Crippen molar-refractivity contribution in [3.8, 4) is 0 Å². The highest BCUT2D eigenvalue weighted by atomic mass is 16.6. The normalized spacial score (nSPS) is 18.5. The van der Waals surface area contributed by atoms with Crippen molar-refractivity contribution >= 4 is 5.69 Å². The quantitative estimate of drug-likeness (QED) is 0.505. The smallest absolute Gasteiger partial charge is 0.310 e. The summed E-state index contributed by atoms with van der Waals surface area (Å²) in [4.78, 5) is 10.2. The van der Waals surface area contributed by atoms with Crippen molar-refractivity contribution in [3.05, 3.63) is 22.0 Å². The van der Waals surface area contributed by atoms with Crippen LogP contribution in [-0.4, -0.2) is 38.5 Å². The molecule has 0 radical (unpaired) electrons. The van der Waals surface area contributed by atoms with E-state index in [0.29, 0.717) is 18.8 Å². The lowest BCUT2D eigenvalue weighted by Gasteiger charge is -2.37. The van der Waals surface area contributed by atoms with Gasteiger partial charge in [0.15, 0.2) is 0 Å². The molecular weight excluding hydrogens is 200 g/mol. The topological polar surface area (TPSA) is 93.2 Å². The standard InChI is InChI=1S/C8H12N4O3/c1-11-6(2-8(13)4-9-5-8)7(3-10-11)12(14)15/h3,9,13H,2,4-5H2,1H3. The molecule has 2 rings (SSSR count). The first kappa shape index (κ1) is 10.1. The molecule has 7 heteroatoms. The van der Waals surface area contributed by atoms with Crippen molar-refractivity contribution in [1.82, 2.24) is 15.1 Å². The Morgan fingerprint density at radius 1 is 1.80 bits per heavy atom. The van der Waals surface area contributed by atoms with Gasteiger partial charge in [0.1, 0.15) is 11.9 Å². The first-order valence-electron chi connectivity index (χ1n) is 4.60. The van der Waals surface area contributed by atoms with E-state index in [1.165, 1.54) is 10.9 Å². The molecule has 0 unspecified atom stereocenters. The van der Waals surface area contributed by atoms with E-state index in [4.69, 9.17) is 0 Å². The summed E-state index contributed by atoms with van der Waals surface area (Å²) in [6.07, 6.45) is 1.47. The number of hydrogen-bond donors (Lipinski definition) is 2. The number of hydrogen-bond acceptors (Lipinski definition) is 5. The third-order valence-corrected chi connectivity index (χ3v) is 2.64. The molecule has 0 amide bonds. The molecular formula is C8H12N4O3. The molecule has 0 saturated carbocycles. The van der Waals surface area contributed by atoms with Gasteiger partial charge in [0.2, 0.25) is 0 Å². The zero-order valence-electron chi connectivity index (χ0n) is 8.30. The summed E-state index contributed by atoms with van der Waals surface area (Å²) >= 11 is 0. The minimum atomic E-state index is -0.863. The number of nitro groups is 1. The fraction of sp³-hybridized carbons (Fsp3) is 0.625. The van der Waals surface area contributed by atoms with Crippen LogP contribution in [0.2, 0.25) is 0 Å². The first-order valence-corrected chi connectivity index (χ1v) is 4.60. The molecule has 0 spiro atoms. The third kappa shape index (κ3) is 1.71. The Labute approximate surface area is 85.9 Å². The molecule has 1 fully saturated rings. The van der Waals surface area contributed by atoms with Crippen molar-refractivity contribution in [2.45, 2.75) is 12.0 Å². The Morgan fingerprint density at radius 3 is 2.93 bits per heavy atom. The number of rotatable bonds is 3. The summed E-state index contributed by atoms with van der Waals surface area (Å²) in [6.45, 7) is 0.935. The first-order chi connectivity index (χ1) is 7.02. The molecule has 2 N–H and O–H groups in total. The van der Waals surface area contributed by atoms with Crippen LogP contribution in [0.5, 0.6) is 0 Å². The second kappa shape index (κ2) is 3.28. The third-order valence-electron chi connectivity index (χ3n) is 2.64. The van der Waals surface area contributed by atoms with Gasteiger partial charge in [-0.15, -0.1) is 0 Å². The fourth-order valence-electron chi connectivity index (χ4n) is 1.66. The molecule has 1 aromatic heterocycles. The molecule has 1 aliphatic heterocycles. The number of nitrogens with zero attached hydrogens (tertiary/aromatic N) is 3. The Bertz CT molecular complexity index is 397. The van der Waals surface area contributed by atoms with E-state index in [-0.39, 0.29) is 12.1 Å². The maximum Gasteiger partial charge on any atom is 0.310 e. The number of aliphatic hydroxyl groups is 1. The van der Waals surface area contributed by atoms with Gasteiger partial charge in [-0.05, 0) is 0 Å². The molecule has 1 aromatic rings. The van der Waals surface area contributed by atoms with Crippen LogP contribution in [0.1, 0.15) is 5.69 Å². The summed E-state index contributed by atoms with van der Waals surface area (Å²) < 4.78 is 1.44. The van der Waals surface area contributed by atoms with Crippen molar-refractivity contribution in [1.29, 1.82) is 0 Å². The summed E-state index contributed by atoms with van der Waals surface area (Å²) in [5.41, 5.74) is -0.430. The number of nitrogens with one attached hydrogen (secondary N) is 1. The van der Waals surface area contributed by atoms with Gasteiger partial charge in [-0.3, -0.25) is 14.8 Å². The van der Waals surface area contributed by atoms with Crippen LogP contribution >= 0.6 is 0 Å². The zero-order valence-corrected chi connectivity index (χ0v) is 8.30. The number of aryl methyl sites for hydroxylation is 1. The van der Waals surface area contributed by atoms with Gasteiger partial charge in [-0.1, -0.05) is 0 Å². The van der Waals surface area contributed by atoms with Gasteiger partial charge in [0.25, 0.3) is 0 Å². The van der Waals surface area contributed by atoms with Crippen LogP contribution in [-0.2, 0) is 13.5 Å². The predicted octanol–water partition coefficient (Wildman–Crippen LogP) is -0.795. The molecule has 82 valence electrons. The van der Waals surface area contributed by atoms with Crippen LogP contribution in [0, 0.1) is 10.1 Å². The lowest BCUT2D eigenvalue weighted by atomic mass is 9.91. The van der Waals surface area contributed by atoms with E-state index in [1.54, 1.807) is 7.05 Å². The van der Waals surface area contributed by atoms with Gasteiger partial charge in [0.05, 0.1) is 10.5 Å². The molecule has 1 saturated heterocycles. The van der Waals surface area contributed by atoms with Crippen molar-refractivity contribution in [3.63, 3.8) is 0 Å². The maximum absolute atomic E-state index is 10.7. The monoisotopic (exact) mass is 212 g/mol. The SMILES string of the molecule is Cn1ncc([N+](=O)[O-])c1CC1(O)CNC1. The number of β-amino-alcohol motifs (C(OH)–C–C–N with tert-alkyl or cyclic N) is 1. The van der Waals surface area contributed by atoms with Crippen molar-refractivity contribution < 1.29 is 10.0 Å². The maximum atomic E-state index is 10.7. The molecule has 15 heavy (non-hydrogen) atoms. The molecule has 2 heterocycles. The van der Waals surface area contributed by atoms with Gasteiger partial charge in [0, 0.05) is 26.6 Å². The van der Waals surface area contributed by atoms with E-state index in [1.807, 2.05) is 0 Å². The lowest BCUT2D eigenvalue weighted by Crippen LogP contribution is -2.60. The van der Waals surface area contributed by atoms with Crippen LogP contribution in [0.3, 0.4) is 0 Å². The average molecular weight is 212 g/mol. The molecule has 0 atom stereocenters. The van der Waals surface area contributed by atoms with Crippen LogP contribution in [0.15, 0.2) is 6.20 Å². The molecule has 0 aromatic carbocycles. The molecule has 1 aliphatic rings. The summed E-state index contributed by atoms with van der Waals surface area (Å²) in [7, 11) is 1.64. The van der Waals surface area contributed by atoms with Gasteiger partial charge >= 0.3 is 5.69 Å². The van der Waals surface area contributed by atoms with Crippen molar-refractivity contribution in [2.24, 2.45) is 7.05 Å². The highest BCUT2D eigenvalue weighted by Crippen LogP contribution is 2.24. The Hall–Kier alpha value is -1.47. The van der Waals surface area contributed by atoms with Gasteiger partial charge in [-0.25, -0.2) is 0 Å². The lowest BCUT2D eigenvalue weighted by molar-refractivity contribution is -0.385. The second-order valence-corrected chi connectivity index (χ2v) is 3.86. The van der Waals surface area contributed by atoms with E-state index in [2.05, 4.69) is 10.4 Å². The van der Waals surface area contributed by atoms with Crippen LogP contribution < -0.4 is 5.32 Å². The Balaban J connectivity index is 2.26. The summed E-state index contributed by atoms with van der Waals surface area (Å²) in [5.74, 6) is 0. The average Bonchev–Trinajstić information content (AvgIpc) is 2.45. The zero-order chi connectivity index (χ0) is 11.1. The largest absolute Gasteiger partial charge is 0.387 e. The highest BCUT2D eigenvalue weighted by Gasteiger charge is 2.37. The fourth-order valence-corrected chi connectivity index (χ4v) is 1.66. The highest BCUT2D eigenvalue weighted by molar-refractivity contribution is 5.34.